The zero-order valence-electron chi connectivity index (χ0n) is 12.3. The van der Waals surface area contributed by atoms with Crippen molar-refractivity contribution in [3.05, 3.63) is 77.4 Å². The zero-order chi connectivity index (χ0) is 15.0. The third-order valence-electron chi connectivity index (χ3n) is 4.63. The first kappa shape index (κ1) is 14.1. The molecule has 0 radical (unpaired) electrons. The lowest BCUT2D eigenvalue weighted by Gasteiger charge is -2.33. The summed E-state index contributed by atoms with van der Waals surface area (Å²) >= 11 is 0. The van der Waals surface area contributed by atoms with E-state index in [-0.39, 0.29) is 5.92 Å². The SMILES string of the molecule is CC1=C(c2ccccc2)C(O)(c2ccccc2)C(C)C1O. The molecule has 0 bridgehead atoms. The molecule has 0 amide bonds. The average molecular weight is 280 g/mol. The summed E-state index contributed by atoms with van der Waals surface area (Å²) in [6.45, 7) is 3.81. The van der Waals surface area contributed by atoms with Crippen molar-refractivity contribution in [2.45, 2.75) is 25.6 Å². The Labute approximate surface area is 125 Å². The largest absolute Gasteiger partial charge is 0.388 e. The van der Waals surface area contributed by atoms with E-state index in [9.17, 15) is 10.2 Å². The monoisotopic (exact) mass is 280 g/mol. The van der Waals surface area contributed by atoms with Crippen LogP contribution in [-0.4, -0.2) is 16.3 Å². The predicted octanol–water partition coefficient (Wildman–Crippen LogP) is 3.36. The molecule has 1 aliphatic rings. The van der Waals surface area contributed by atoms with Gasteiger partial charge in [0.2, 0.25) is 0 Å². The van der Waals surface area contributed by atoms with Crippen molar-refractivity contribution >= 4 is 5.57 Å². The van der Waals surface area contributed by atoms with Crippen LogP contribution in [0.25, 0.3) is 5.57 Å². The second-order valence-electron chi connectivity index (χ2n) is 5.79. The number of aliphatic hydroxyl groups excluding tert-OH is 1. The minimum atomic E-state index is -1.16. The summed E-state index contributed by atoms with van der Waals surface area (Å²) in [5, 5.41) is 21.9. The molecular weight excluding hydrogens is 260 g/mol. The van der Waals surface area contributed by atoms with Gasteiger partial charge in [-0.1, -0.05) is 67.6 Å². The molecule has 2 aromatic rings. The van der Waals surface area contributed by atoms with Crippen molar-refractivity contribution in [2.24, 2.45) is 5.92 Å². The summed E-state index contributed by atoms with van der Waals surface area (Å²) in [5.41, 5.74) is 2.30. The third-order valence-corrected chi connectivity index (χ3v) is 4.63. The van der Waals surface area contributed by atoms with Gasteiger partial charge in [-0.15, -0.1) is 0 Å². The highest BCUT2D eigenvalue weighted by Gasteiger charge is 2.50. The molecule has 0 fully saturated rings. The van der Waals surface area contributed by atoms with Crippen LogP contribution in [-0.2, 0) is 5.60 Å². The molecule has 2 N–H and O–H groups in total. The van der Waals surface area contributed by atoms with E-state index in [1.807, 2.05) is 74.5 Å². The number of benzene rings is 2. The van der Waals surface area contributed by atoms with Gasteiger partial charge in [0, 0.05) is 5.92 Å². The first-order chi connectivity index (χ1) is 10.1. The lowest BCUT2D eigenvalue weighted by atomic mass is 9.78. The van der Waals surface area contributed by atoms with E-state index >= 15 is 0 Å². The normalized spacial score (nSPS) is 29.0. The lowest BCUT2D eigenvalue weighted by molar-refractivity contribution is 0.00424. The van der Waals surface area contributed by atoms with E-state index in [0.717, 1.165) is 22.3 Å². The van der Waals surface area contributed by atoms with Gasteiger partial charge in [-0.25, -0.2) is 0 Å². The molecular formula is C19H20O2. The van der Waals surface area contributed by atoms with Crippen LogP contribution in [0.3, 0.4) is 0 Å². The summed E-state index contributed by atoms with van der Waals surface area (Å²) < 4.78 is 0. The van der Waals surface area contributed by atoms with E-state index in [2.05, 4.69) is 0 Å². The molecule has 2 nitrogen and oxygen atoms in total. The fourth-order valence-electron chi connectivity index (χ4n) is 3.43. The van der Waals surface area contributed by atoms with Gasteiger partial charge in [0.15, 0.2) is 0 Å². The summed E-state index contributed by atoms with van der Waals surface area (Å²) in [6, 6.07) is 19.4. The summed E-state index contributed by atoms with van der Waals surface area (Å²) in [7, 11) is 0. The Morgan fingerprint density at radius 1 is 0.905 bits per heavy atom. The summed E-state index contributed by atoms with van der Waals surface area (Å²) in [5.74, 6) is -0.282. The van der Waals surface area contributed by atoms with Crippen LogP contribution in [0.1, 0.15) is 25.0 Å². The van der Waals surface area contributed by atoms with Gasteiger partial charge in [-0.2, -0.15) is 0 Å². The summed E-state index contributed by atoms with van der Waals surface area (Å²) in [6.07, 6.45) is -0.634. The maximum absolute atomic E-state index is 11.5. The van der Waals surface area contributed by atoms with Crippen molar-refractivity contribution in [3.63, 3.8) is 0 Å². The average Bonchev–Trinajstić information content (AvgIpc) is 2.71. The van der Waals surface area contributed by atoms with Gasteiger partial charge in [0.1, 0.15) is 5.60 Å². The molecule has 3 rings (SSSR count). The Hall–Kier alpha value is -1.90. The molecule has 2 aromatic carbocycles. The van der Waals surface area contributed by atoms with Gasteiger partial charge in [0.05, 0.1) is 6.10 Å². The number of hydrogen-bond acceptors (Lipinski definition) is 2. The number of aliphatic hydroxyl groups is 2. The highest BCUT2D eigenvalue weighted by molar-refractivity contribution is 5.79. The van der Waals surface area contributed by atoms with Crippen molar-refractivity contribution in [2.75, 3.05) is 0 Å². The van der Waals surface area contributed by atoms with Gasteiger partial charge in [-0.05, 0) is 29.2 Å². The lowest BCUT2D eigenvalue weighted by Crippen LogP contribution is -2.35. The molecule has 3 atom stereocenters. The van der Waals surface area contributed by atoms with Crippen LogP contribution in [0.15, 0.2) is 66.2 Å². The zero-order valence-corrected chi connectivity index (χ0v) is 12.3. The maximum atomic E-state index is 11.5. The minimum absolute atomic E-state index is 0.282. The van der Waals surface area contributed by atoms with E-state index in [4.69, 9.17) is 0 Å². The Kier molecular flexibility index (Phi) is 3.44. The molecule has 0 heterocycles. The third kappa shape index (κ3) is 2.03. The minimum Gasteiger partial charge on any atom is -0.388 e. The Morgan fingerprint density at radius 3 is 2.00 bits per heavy atom. The van der Waals surface area contributed by atoms with Crippen LogP contribution < -0.4 is 0 Å². The first-order valence-corrected chi connectivity index (χ1v) is 7.29. The van der Waals surface area contributed by atoms with Crippen molar-refractivity contribution in [1.29, 1.82) is 0 Å². The van der Waals surface area contributed by atoms with Crippen LogP contribution in [0, 0.1) is 5.92 Å². The smallest absolute Gasteiger partial charge is 0.121 e. The highest BCUT2D eigenvalue weighted by atomic mass is 16.3. The van der Waals surface area contributed by atoms with Gasteiger partial charge in [-0.3, -0.25) is 0 Å². The van der Waals surface area contributed by atoms with Gasteiger partial charge >= 0.3 is 0 Å². The second kappa shape index (κ2) is 5.14. The molecule has 3 unspecified atom stereocenters. The molecule has 0 aromatic heterocycles. The second-order valence-corrected chi connectivity index (χ2v) is 5.79. The molecule has 0 aliphatic heterocycles. The maximum Gasteiger partial charge on any atom is 0.121 e. The molecule has 0 saturated heterocycles. The number of rotatable bonds is 2. The Balaban J connectivity index is 2.23. The highest BCUT2D eigenvalue weighted by Crippen LogP contribution is 2.51. The van der Waals surface area contributed by atoms with Gasteiger partial charge in [0.25, 0.3) is 0 Å². The quantitative estimate of drug-likeness (QED) is 0.885. The van der Waals surface area contributed by atoms with Crippen molar-refractivity contribution in [3.8, 4) is 0 Å². The molecule has 2 heteroatoms. The van der Waals surface area contributed by atoms with Crippen LogP contribution in [0.2, 0.25) is 0 Å². The molecule has 108 valence electrons. The van der Waals surface area contributed by atoms with Crippen LogP contribution >= 0.6 is 0 Å². The molecule has 0 spiro atoms. The van der Waals surface area contributed by atoms with E-state index < -0.39 is 11.7 Å². The van der Waals surface area contributed by atoms with Crippen molar-refractivity contribution < 1.29 is 10.2 Å². The van der Waals surface area contributed by atoms with E-state index in [0.29, 0.717) is 0 Å². The standard InChI is InChI=1S/C19H20O2/c1-13-17(15-9-5-3-6-10-15)19(21,14(2)18(13)20)16-11-7-4-8-12-16/h3-12,14,18,20-21H,1-2H3. The van der Waals surface area contributed by atoms with Crippen LogP contribution in [0.4, 0.5) is 0 Å². The predicted molar refractivity (Wildman–Crippen MR) is 84.5 cm³/mol. The van der Waals surface area contributed by atoms with E-state index in [1.165, 1.54) is 0 Å². The number of hydrogen-bond donors (Lipinski definition) is 2. The first-order valence-electron chi connectivity index (χ1n) is 7.29. The fourth-order valence-corrected chi connectivity index (χ4v) is 3.43. The molecule has 1 aliphatic carbocycles. The fraction of sp³-hybridized carbons (Fsp3) is 0.263. The topological polar surface area (TPSA) is 40.5 Å². The van der Waals surface area contributed by atoms with Crippen molar-refractivity contribution in [1.82, 2.24) is 0 Å². The Bertz CT molecular complexity index is 660. The van der Waals surface area contributed by atoms with Crippen LogP contribution in [0.5, 0.6) is 0 Å². The summed E-state index contributed by atoms with van der Waals surface area (Å²) in [4.78, 5) is 0. The molecule has 21 heavy (non-hydrogen) atoms. The van der Waals surface area contributed by atoms with E-state index in [1.54, 1.807) is 0 Å². The Morgan fingerprint density at radius 2 is 1.43 bits per heavy atom. The van der Waals surface area contributed by atoms with Gasteiger partial charge < -0.3 is 10.2 Å². The molecule has 0 saturated carbocycles.